The summed E-state index contributed by atoms with van der Waals surface area (Å²) < 4.78 is 6.73. The first kappa shape index (κ1) is 32.7. The number of nitrogens with zero attached hydrogens (tertiary/aromatic N) is 3. The van der Waals surface area contributed by atoms with Gasteiger partial charge in [0.1, 0.15) is 11.2 Å². The van der Waals surface area contributed by atoms with E-state index < -0.39 is 0 Å². The fraction of sp³-hybridized carbons (Fsp3) is 0. The van der Waals surface area contributed by atoms with E-state index in [-0.39, 0.29) is 0 Å². The summed E-state index contributed by atoms with van der Waals surface area (Å²) in [4.78, 5) is 15.3. The number of hydrogen-bond acceptors (Lipinski definition) is 4. The smallest absolute Gasteiger partial charge is 0.164 e. The second-order valence-corrected chi connectivity index (χ2v) is 14.4. The van der Waals surface area contributed by atoms with E-state index in [4.69, 9.17) is 19.4 Å². The van der Waals surface area contributed by atoms with Gasteiger partial charge in [-0.05, 0) is 61.5 Å². The zero-order valence-corrected chi connectivity index (χ0v) is 30.8. The second-order valence-electron chi connectivity index (χ2n) is 14.4. The molecular formula is C53H33N3O. The van der Waals surface area contributed by atoms with Crippen molar-refractivity contribution in [3.63, 3.8) is 0 Å². The summed E-state index contributed by atoms with van der Waals surface area (Å²) in [6.07, 6.45) is 0. The van der Waals surface area contributed by atoms with Crippen molar-refractivity contribution in [2.75, 3.05) is 0 Å². The number of hydrogen-bond donors (Lipinski definition) is 0. The molecule has 11 aromatic rings. The van der Waals surface area contributed by atoms with Gasteiger partial charge in [-0.25, -0.2) is 15.0 Å². The van der Waals surface area contributed by atoms with E-state index in [1.54, 1.807) is 0 Å². The number of rotatable bonds is 6. The third kappa shape index (κ3) is 5.83. The third-order valence-corrected chi connectivity index (χ3v) is 11.0. The molecule has 0 fully saturated rings. The maximum absolute atomic E-state index is 6.73. The standard InChI is InChI=1S/C53H33N3O/c1-3-11-34(12-4-1)35-21-23-36(24-22-35)37-25-28-40(29-26-37)52-54-51(39-14-5-2-6-15-39)55-53(56-52)47-19-10-20-48-49(47)46-18-9-17-45(50(46)57-48)42-31-32-44-41(33-42)30-27-38-13-7-8-16-43(38)44/h1-33H. The summed E-state index contributed by atoms with van der Waals surface area (Å²) in [7, 11) is 0. The largest absolute Gasteiger partial charge is 0.455 e. The summed E-state index contributed by atoms with van der Waals surface area (Å²) in [5.74, 6) is 1.82. The molecule has 4 heteroatoms. The number of para-hydroxylation sites is 1. The van der Waals surface area contributed by atoms with E-state index in [1.165, 1.54) is 32.7 Å². The van der Waals surface area contributed by atoms with Gasteiger partial charge in [0.15, 0.2) is 17.5 Å². The molecule has 0 unspecified atom stereocenters. The average molecular weight is 728 g/mol. The fourth-order valence-corrected chi connectivity index (χ4v) is 8.08. The Morgan fingerprint density at radius 1 is 0.298 bits per heavy atom. The van der Waals surface area contributed by atoms with Gasteiger partial charge in [0.2, 0.25) is 0 Å². The third-order valence-electron chi connectivity index (χ3n) is 11.0. The molecule has 0 aliphatic rings. The number of aromatic nitrogens is 3. The van der Waals surface area contributed by atoms with Gasteiger partial charge in [-0.15, -0.1) is 0 Å². The van der Waals surface area contributed by atoms with Gasteiger partial charge in [0, 0.05) is 33.0 Å². The van der Waals surface area contributed by atoms with Crippen LogP contribution in [0, 0.1) is 0 Å². The zero-order valence-electron chi connectivity index (χ0n) is 30.8. The quantitative estimate of drug-likeness (QED) is 0.160. The van der Waals surface area contributed by atoms with Gasteiger partial charge in [0.05, 0.1) is 0 Å². The molecule has 2 heterocycles. The van der Waals surface area contributed by atoms with Crippen LogP contribution in [-0.2, 0) is 0 Å². The van der Waals surface area contributed by atoms with E-state index in [2.05, 4.69) is 152 Å². The molecule has 11 rings (SSSR count). The van der Waals surface area contributed by atoms with Crippen LogP contribution in [0.4, 0.5) is 0 Å². The molecule has 57 heavy (non-hydrogen) atoms. The Morgan fingerprint density at radius 2 is 0.789 bits per heavy atom. The van der Waals surface area contributed by atoms with Crippen molar-refractivity contribution in [2.45, 2.75) is 0 Å². The molecule has 4 nitrogen and oxygen atoms in total. The van der Waals surface area contributed by atoms with Gasteiger partial charge in [-0.1, -0.05) is 188 Å². The first-order valence-electron chi connectivity index (χ1n) is 19.2. The van der Waals surface area contributed by atoms with Gasteiger partial charge < -0.3 is 4.42 Å². The lowest BCUT2D eigenvalue weighted by Crippen LogP contribution is -2.00. The van der Waals surface area contributed by atoms with Crippen LogP contribution < -0.4 is 0 Å². The number of fused-ring (bicyclic) bond motifs is 6. The van der Waals surface area contributed by atoms with Crippen LogP contribution >= 0.6 is 0 Å². The first-order valence-corrected chi connectivity index (χ1v) is 19.2. The number of benzene rings is 9. The van der Waals surface area contributed by atoms with Crippen LogP contribution in [0.3, 0.4) is 0 Å². The second kappa shape index (κ2) is 13.6. The Hall–Kier alpha value is -7.69. The molecule has 0 bridgehead atoms. The molecule has 2 aromatic heterocycles. The first-order chi connectivity index (χ1) is 28.2. The Balaban J connectivity index is 1.01. The summed E-state index contributed by atoms with van der Waals surface area (Å²) in [5, 5.41) is 6.92. The van der Waals surface area contributed by atoms with Gasteiger partial charge in [-0.2, -0.15) is 0 Å². The van der Waals surface area contributed by atoms with Crippen molar-refractivity contribution in [3.8, 4) is 67.5 Å². The van der Waals surface area contributed by atoms with Gasteiger partial charge in [-0.3, -0.25) is 0 Å². The van der Waals surface area contributed by atoms with E-state index >= 15 is 0 Å². The molecule has 266 valence electrons. The summed E-state index contributed by atoms with van der Waals surface area (Å²) in [6.45, 7) is 0. The topological polar surface area (TPSA) is 51.8 Å². The average Bonchev–Trinajstić information content (AvgIpc) is 3.69. The minimum atomic E-state index is 0.593. The van der Waals surface area contributed by atoms with Crippen LogP contribution in [0.1, 0.15) is 0 Å². The lowest BCUT2D eigenvalue weighted by Gasteiger charge is -2.10. The Bertz CT molecular complexity index is 3260. The van der Waals surface area contributed by atoms with Crippen molar-refractivity contribution < 1.29 is 4.42 Å². The normalized spacial score (nSPS) is 11.5. The highest BCUT2D eigenvalue weighted by atomic mass is 16.3. The minimum Gasteiger partial charge on any atom is -0.455 e. The highest BCUT2D eigenvalue weighted by molar-refractivity contribution is 6.16. The van der Waals surface area contributed by atoms with E-state index in [0.29, 0.717) is 17.5 Å². The molecule has 0 amide bonds. The summed E-state index contributed by atoms with van der Waals surface area (Å²) in [5.41, 5.74) is 11.2. The molecule has 0 radical (unpaired) electrons. The van der Waals surface area contributed by atoms with Crippen LogP contribution in [-0.4, -0.2) is 15.0 Å². The SMILES string of the molecule is c1ccc(-c2ccc(-c3ccc(-c4nc(-c5ccccc5)nc(-c5cccc6oc7c(-c8ccc9c(ccc%10ccccc%109)c8)cccc7c56)n4)cc3)cc2)cc1. The molecule has 0 aliphatic heterocycles. The zero-order chi connectivity index (χ0) is 37.7. The fourth-order valence-electron chi connectivity index (χ4n) is 8.08. The van der Waals surface area contributed by atoms with Crippen LogP contribution in [0.25, 0.3) is 111 Å². The summed E-state index contributed by atoms with van der Waals surface area (Å²) in [6, 6.07) is 69.9. The van der Waals surface area contributed by atoms with Crippen molar-refractivity contribution in [3.05, 3.63) is 200 Å². The highest BCUT2D eigenvalue weighted by Gasteiger charge is 2.20. The Kier molecular flexibility index (Phi) is 7.78. The lowest BCUT2D eigenvalue weighted by atomic mass is 9.96. The van der Waals surface area contributed by atoms with E-state index in [9.17, 15) is 0 Å². The summed E-state index contributed by atoms with van der Waals surface area (Å²) >= 11 is 0. The van der Waals surface area contributed by atoms with Crippen molar-refractivity contribution in [2.24, 2.45) is 0 Å². The van der Waals surface area contributed by atoms with Crippen molar-refractivity contribution in [1.82, 2.24) is 15.0 Å². The Morgan fingerprint density at radius 3 is 1.51 bits per heavy atom. The predicted octanol–water partition coefficient (Wildman–Crippen LogP) is 14.1. The van der Waals surface area contributed by atoms with Crippen molar-refractivity contribution >= 4 is 43.5 Å². The van der Waals surface area contributed by atoms with Crippen molar-refractivity contribution in [1.29, 1.82) is 0 Å². The molecule has 0 saturated heterocycles. The van der Waals surface area contributed by atoms with Gasteiger partial charge >= 0.3 is 0 Å². The monoisotopic (exact) mass is 727 g/mol. The molecule has 0 N–H and O–H groups in total. The van der Waals surface area contributed by atoms with Crippen LogP contribution in [0.5, 0.6) is 0 Å². The molecular weight excluding hydrogens is 695 g/mol. The Labute approximate surface area is 329 Å². The molecule has 0 saturated carbocycles. The van der Waals surface area contributed by atoms with Gasteiger partial charge in [0.25, 0.3) is 0 Å². The minimum absolute atomic E-state index is 0.593. The van der Waals surface area contributed by atoms with Crippen LogP contribution in [0.15, 0.2) is 205 Å². The van der Waals surface area contributed by atoms with E-state index in [0.717, 1.165) is 60.9 Å². The lowest BCUT2D eigenvalue weighted by molar-refractivity contribution is 0.670. The molecule has 0 aliphatic carbocycles. The van der Waals surface area contributed by atoms with Crippen LogP contribution in [0.2, 0.25) is 0 Å². The maximum Gasteiger partial charge on any atom is 0.164 e. The molecule has 0 spiro atoms. The molecule has 9 aromatic carbocycles. The predicted molar refractivity (Wildman–Crippen MR) is 235 cm³/mol. The highest BCUT2D eigenvalue weighted by Crippen LogP contribution is 2.41. The molecule has 0 atom stereocenters. The maximum atomic E-state index is 6.73. The van der Waals surface area contributed by atoms with E-state index in [1.807, 2.05) is 48.5 Å². The number of furan rings is 1.